The molecule has 24 heavy (non-hydrogen) atoms. The molecule has 0 radical (unpaired) electrons. The largest absolute Gasteiger partial charge is 0.493 e. The van der Waals surface area contributed by atoms with E-state index >= 15 is 0 Å². The fourth-order valence-electron chi connectivity index (χ4n) is 1.79. The molecule has 0 aliphatic rings. The Morgan fingerprint density at radius 3 is 2.67 bits per heavy atom. The van der Waals surface area contributed by atoms with E-state index in [1.165, 1.54) is 39.5 Å². The third kappa shape index (κ3) is 3.63. The number of ether oxygens (including phenoxy) is 2. The van der Waals surface area contributed by atoms with E-state index in [2.05, 4.69) is 25.7 Å². The number of aromatic nitrogens is 3. The molecular formula is C13H14N6O5. The van der Waals surface area contributed by atoms with Gasteiger partial charge in [-0.3, -0.25) is 19.9 Å². The minimum Gasteiger partial charge on any atom is -0.493 e. The van der Waals surface area contributed by atoms with Crippen LogP contribution in [0.1, 0.15) is 11.3 Å². The molecule has 0 bridgehead atoms. The topological polar surface area (TPSA) is 145 Å². The van der Waals surface area contributed by atoms with Crippen molar-refractivity contribution in [2.24, 2.45) is 5.10 Å². The van der Waals surface area contributed by atoms with E-state index < -0.39 is 10.5 Å². The van der Waals surface area contributed by atoms with Crippen molar-refractivity contribution in [3.63, 3.8) is 0 Å². The molecule has 1 aromatic carbocycles. The van der Waals surface area contributed by atoms with E-state index in [0.29, 0.717) is 5.56 Å². The standard InChI is InChI=1S/C13H14N6O5/c1-7-12(20)15-13(18-16-7)17-14-6-8-4-9(19(21)22)11(24-3)10(5-8)23-2/h4-6H,1-3H3,(H2,15,17,18,20)/b14-6+. The van der Waals surface area contributed by atoms with Crippen molar-refractivity contribution < 1.29 is 14.4 Å². The lowest BCUT2D eigenvalue weighted by Crippen LogP contribution is -2.15. The molecule has 0 atom stereocenters. The second-order valence-corrected chi connectivity index (χ2v) is 4.49. The van der Waals surface area contributed by atoms with Gasteiger partial charge in [0.2, 0.25) is 11.7 Å². The molecule has 2 rings (SSSR count). The number of hydrogen-bond acceptors (Lipinski definition) is 9. The number of nitro groups is 1. The highest BCUT2D eigenvalue weighted by Gasteiger charge is 2.21. The van der Waals surface area contributed by atoms with Crippen molar-refractivity contribution in [1.29, 1.82) is 0 Å². The highest BCUT2D eigenvalue weighted by molar-refractivity contribution is 5.83. The summed E-state index contributed by atoms with van der Waals surface area (Å²) >= 11 is 0. The van der Waals surface area contributed by atoms with Gasteiger partial charge in [0.15, 0.2) is 5.75 Å². The number of aryl methyl sites for hydroxylation is 1. The van der Waals surface area contributed by atoms with Crippen LogP contribution in [-0.4, -0.2) is 40.5 Å². The molecule has 0 saturated heterocycles. The van der Waals surface area contributed by atoms with Crippen LogP contribution in [0.25, 0.3) is 0 Å². The maximum atomic E-state index is 11.4. The van der Waals surface area contributed by atoms with Crippen LogP contribution < -0.4 is 20.5 Å². The summed E-state index contributed by atoms with van der Waals surface area (Å²) in [6.07, 6.45) is 1.30. The van der Waals surface area contributed by atoms with Gasteiger partial charge in [0.05, 0.1) is 25.4 Å². The molecule has 126 valence electrons. The van der Waals surface area contributed by atoms with Crippen molar-refractivity contribution in [1.82, 2.24) is 15.2 Å². The van der Waals surface area contributed by atoms with Gasteiger partial charge in [-0.25, -0.2) is 5.43 Å². The first kappa shape index (κ1) is 16.9. The third-order valence-electron chi connectivity index (χ3n) is 2.92. The number of aromatic amines is 1. The smallest absolute Gasteiger partial charge is 0.315 e. The van der Waals surface area contributed by atoms with Crippen LogP contribution in [0, 0.1) is 17.0 Å². The van der Waals surface area contributed by atoms with Crippen molar-refractivity contribution in [3.8, 4) is 11.5 Å². The molecule has 1 heterocycles. The zero-order valence-electron chi connectivity index (χ0n) is 13.1. The molecule has 11 nitrogen and oxygen atoms in total. The first-order valence-corrected chi connectivity index (χ1v) is 6.59. The molecule has 2 aromatic rings. The number of methoxy groups -OCH3 is 2. The van der Waals surface area contributed by atoms with E-state index in [0.717, 1.165) is 0 Å². The molecule has 0 saturated carbocycles. The Labute approximate surface area is 135 Å². The SMILES string of the molecule is COc1cc(/C=N/Nc2nnc(C)c(=O)[nH]2)cc([N+](=O)[O-])c1OC. The summed E-state index contributed by atoms with van der Waals surface area (Å²) < 4.78 is 10.1. The lowest BCUT2D eigenvalue weighted by Gasteiger charge is -2.08. The molecule has 11 heteroatoms. The summed E-state index contributed by atoms with van der Waals surface area (Å²) in [7, 11) is 2.68. The minimum absolute atomic E-state index is 0.0151. The number of hydrazone groups is 1. The zero-order valence-corrected chi connectivity index (χ0v) is 13.1. The molecule has 1 aromatic heterocycles. The Morgan fingerprint density at radius 1 is 1.33 bits per heavy atom. The number of nitrogens with one attached hydrogen (secondary N) is 2. The van der Waals surface area contributed by atoms with E-state index in [-0.39, 0.29) is 28.8 Å². The first-order chi connectivity index (χ1) is 11.5. The summed E-state index contributed by atoms with van der Waals surface area (Å²) in [5, 5.41) is 22.3. The van der Waals surface area contributed by atoms with Gasteiger partial charge in [0.25, 0.3) is 5.56 Å². The average molecular weight is 334 g/mol. The predicted octanol–water partition coefficient (Wildman–Crippen LogP) is 0.845. The lowest BCUT2D eigenvalue weighted by molar-refractivity contribution is -0.385. The number of nitro benzene ring substituents is 1. The summed E-state index contributed by atoms with van der Waals surface area (Å²) in [4.78, 5) is 24.3. The van der Waals surface area contributed by atoms with Gasteiger partial charge in [0, 0.05) is 11.6 Å². The molecule has 0 aliphatic heterocycles. The fourth-order valence-corrected chi connectivity index (χ4v) is 1.79. The Bertz CT molecular complexity index is 847. The van der Waals surface area contributed by atoms with E-state index in [1.807, 2.05) is 0 Å². The van der Waals surface area contributed by atoms with Gasteiger partial charge < -0.3 is 9.47 Å². The highest BCUT2D eigenvalue weighted by atomic mass is 16.6. The van der Waals surface area contributed by atoms with Crippen molar-refractivity contribution in [2.45, 2.75) is 6.92 Å². The second kappa shape index (κ2) is 7.17. The monoisotopic (exact) mass is 334 g/mol. The number of benzene rings is 1. The Morgan fingerprint density at radius 2 is 2.08 bits per heavy atom. The van der Waals surface area contributed by atoms with Crippen molar-refractivity contribution >= 4 is 17.9 Å². The first-order valence-electron chi connectivity index (χ1n) is 6.59. The number of anilines is 1. The van der Waals surface area contributed by atoms with Crippen LogP contribution in [0.2, 0.25) is 0 Å². The average Bonchev–Trinajstić information content (AvgIpc) is 2.57. The minimum atomic E-state index is -0.588. The summed E-state index contributed by atoms with van der Waals surface area (Å²) in [5.74, 6) is 0.245. The third-order valence-corrected chi connectivity index (χ3v) is 2.92. The Hall–Kier alpha value is -3.50. The van der Waals surface area contributed by atoms with E-state index in [9.17, 15) is 14.9 Å². The number of hydrogen-bond donors (Lipinski definition) is 2. The highest BCUT2D eigenvalue weighted by Crippen LogP contribution is 2.37. The van der Waals surface area contributed by atoms with Crippen LogP contribution in [0.4, 0.5) is 11.6 Å². The quantitative estimate of drug-likeness (QED) is 0.449. The van der Waals surface area contributed by atoms with Gasteiger partial charge in [0.1, 0.15) is 5.69 Å². The van der Waals surface area contributed by atoms with Gasteiger partial charge in [-0.05, 0) is 13.0 Å². The maximum Gasteiger partial charge on any atom is 0.315 e. The molecule has 0 unspecified atom stereocenters. The lowest BCUT2D eigenvalue weighted by atomic mass is 10.2. The van der Waals surface area contributed by atoms with Crippen LogP contribution >= 0.6 is 0 Å². The van der Waals surface area contributed by atoms with Gasteiger partial charge in [-0.15, -0.1) is 10.2 Å². The molecule has 2 N–H and O–H groups in total. The molecular weight excluding hydrogens is 320 g/mol. The second-order valence-electron chi connectivity index (χ2n) is 4.49. The van der Waals surface area contributed by atoms with E-state index in [4.69, 9.17) is 9.47 Å². The van der Waals surface area contributed by atoms with Gasteiger partial charge in [-0.2, -0.15) is 5.10 Å². The number of nitrogens with zero attached hydrogens (tertiary/aromatic N) is 4. The van der Waals surface area contributed by atoms with Crippen LogP contribution in [0.5, 0.6) is 11.5 Å². The number of H-pyrrole nitrogens is 1. The summed E-state index contributed by atoms with van der Waals surface area (Å²) in [6.45, 7) is 1.52. The Balaban J connectivity index is 2.28. The van der Waals surface area contributed by atoms with Gasteiger partial charge in [-0.1, -0.05) is 0 Å². The maximum absolute atomic E-state index is 11.4. The molecule has 0 amide bonds. The Kier molecular flexibility index (Phi) is 5.04. The van der Waals surface area contributed by atoms with E-state index in [1.54, 1.807) is 0 Å². The van der Waals surface area contributed by atoms with Crippen molar-refractivity contribution in [3.05, 3.63) is 43.9 Å². The zero-order chi connectivity index (χ0) is 17.7. The summed E-state index contributed by atoms with van der Waals surface area (Å²) in [6, 6.07) is 2.79. The normalized spacial score (nSPS) is 10.6. The molecule has 0 aliphatic carbocycles. The predicted molar refractivity (Wildman–Crippen MR) is 84.8 cm³/mol. The fraction of sp³-hybridized carbons (Fsp3) is 0.231. The van der Waals surface area contributed by atoms with Crippen molar-refractivity contribution in [2.75, 3.05) is 19.6 Å². The van der Waals surface area contributed by atoms with Crippen LogP contribution in [0.15, 0.2) is 22.0 Å². The van der Waals surface area contributed by atoms with Crippen LogP contribution in [0.3, 0.4) is 0 Å². The summed E-state index contributed by atoms with van der Waals surface area (Å²) in [5.41, 5.74) is 2.42. The molecule has 0 fully saturated rings. The van der Waals surface area contributed by atoms with Crippen LogP contribution in [-0.2, 0) is 0 Å². The van der Waals surface area contributed by atoms with Gasteiger partial charge >= 0.3 is 5.69 Å². The molecule has 0 spiro atoms. The number of rotatable bonds is 6.